The SMILES string of the molecule is COc1cc(/C=C/C(=O)OCC(=O)NC(=O)[C@@H]2COc3ccccc3O2)ccc1OC(F)F. The summed E-state index contributed by atoms with van der Waals surface area (Å²) >= 11 is 0. The number of hydrogen-bond acceptors (Lipinski definition) is 8. The molecule has 3 rings (SSSR count). The molecular weight excluding hydrogens is 444 g/mol. The van der Waals surface area contributed by atoms with Crippen LogP contribution < -0.4 is 24.3 Å². The Bertz CT molecular complexity index is 1060. The molecule has 11 heteroatoms. The highest BCUT2D eigenvalue weighted by Gasteiger charge is 2.28. The number of rotatable bonds is 8. The van der Waals surface area contributed by atoms with Gasteiger partial charge < -0.3 is 23.7 Å². The average molecular weight is 463 g/mol. The van der Waals surface area contributed by atoms with Crippen LogP contribution in [-0.2, 0) is 19.1 Å². The van der Waals surface area contributed by atoms with Crippen LogP contribution in [0.2, 0.25) is 0 Å². The summed E-state index contributed by atoms with van der Waals surface area (Å²) in [5.74, 6) is -1.71. The number of nitrogens with one attached hydrogen (secondary N) is 1. The van der Waals surface area contributed by atoms with Gasteiger partial charge in [-0.15, -0.1) is 0 Å². The largest absolute Gasteiger partial charge is 0.493 e. The number of imide groups is 1. The van der Waals surface area contributed by atoms with Gasteiger partial charge in [-0.25, -0.2) is 4.79 Å². The number of fused-ring (bicyclic) bond motifs is 1. The molecule has 174 valence electrons. The van der Waals surface area contributed by atoms with Gasteiger partial charge in [-0.3, -0.25) is 14.9 Å². The fourth-order valence-corrected chi connectivity index (χ4v) is 2.73. The summed E-state index contributed by atoms with van der Waals surface area (Å²) in [6, 6.07) is 10.8. The fraction of sp³-hybridized carbons (Fsp3) is 0.227. The number of para-hydroxylation sites is 2. The Morgan fingerprint density at radius 2 is 1.91 bits per heavy atom. The van der Waals surface area contributed by atoms with Gasteiger partial charge in [0, 0.05) is 6.08 Å². The van der Waals surface area contributed by atoms with Crippen molar-refractivity contribution in [1.29, 1.82) is 0 Å². The minimum atomic E-state index is -3.01. The Morgan fingerprint density at radius 3 is 2.64 bits per heavy atom. The second-order valence-electron chi connectivity index (χ2n) is 6.51. The maximum Gasteiger partial charge on any atom is 0.387 e. The molecule has 0 aromatic heterocycles. The van der Waals surface area contributed by atoms with Gasteiger partial charge in [-0.05, 0) is 35.9 Å². The molecule has 33 heavy (non-hydrogen) atoms. The van der Waals surface area contributed by atoms with Crippen molar-refractivity contribution < 1.29 is 46.8 Å². The quantitative estimate of drug-likeness (QED) is 0.469. The normalized spacial score (nSPS) is 14.6. The molecule has 1 atom stereocenters. The maximum absolute atomic E-state index is 12.4. The number of carbonyl (C=O) groups is 3. The summed E-state index contributed by atoms with van der Waals surface area (Å²) in [6.45, 7) is -3.80. The second-order valence-corrected chi connectivity index (χ2v) is 6.51. The van der Waals surface area contributed by atoms with Crippen LogP contribution in [-0.4, -0.2) is 50.8 Å². The standard InChI is InChI=1S/C22H19F2NO8/c1-29-17-10-13(6-8-16(17)33-22(23)24)7-9-20(27)31-12-19(26)25-21(28)18-11-30-14-4-2-3-5-15(14)32-18/h2-10,18,22H,11-12H2,1H3,(H,25,26,28)/b9-7+/t18-/m0/s1. The Labute approximate surface area is 186 Å². The van der Waals surface area contributed by atoms with E-state index in [0.29, 0.717) is 17.1 Å². The molecule has 0 spiro atoms. The van der Waals surface area contributed by atoms with E-state index in [4.69, 9.17) is 18.9 Å². The van der Waals surface area contributed by atoms with Gasteiger partial charge in [0.05, 0.1) is 7.11 Å². The zero-order chi connectivity index (χ0) is 23.8. The van der Waals surface area contributed by atoms with Crippen molar-refractivity contribution in [2.24, 2.45) is 0 Å². The van der Waals surface area contributed by atoms with Gasteiger partial charge in [0.15, 0.2) is 29.6 Å². The fourth-order valence-electron chi connectivity index (χ4n) is 2.73. The highest BCUT2D eigenvalue weighted by Crippen LogP contribution is 2.31. The number of carbonyl (C=O) groups excluding carboxylic acids is 3. The number of esters is 1. The first-order valence-corrected chi connectivity index (χ1v) is 9.55. The lowest BCUT2D eigenvalue weighted by Gasteiger charge is -2.25. The zero-order valence-electron chi connectivity index (χ0n) is 17.3. The van der Waals surface area contributed by atoms with E-state index in [-0.39, 0.29) is 18.1 Å². The Morgan fingerprint density at radius 1 is 1.15 bits per heavy atom. The van der Waals surface area contributed by atoms with Crippen LogP contribution >= 0.6 is 0 Å². The lowest BCUT2D eigenvalue weighted by molar-refractivity contribution is -0.146. The number of benzene rings is 2. The number of ether oxygens (including phenoxy) is 5. The summed E-state index contributed by atoms with van der Waals surface area (Å²) in [5, 5.41) is 2.07. The van der Waals surface area contributed by atoms with Crippen LogP contribution in [0.3, 0.4) is 0 Å². The van der Waals surface area contributed by atoms with Crippen molar-refractivity contribution in [2.75, 3.05) is 20.3 Å². The summed E-state index contributed by atoms with van der Waals surface area (Å²) in [4.78, 5) is 35.9. The summed E-state index contributed by atoms with van der Waals surface area (Å²) in [5.41, 5.74) is 0.430. The highest BCUT2D eigenvalue weighted by molar-refractivity contribution is 5.99. The number of amides is 2. The van der Waals surface area contributed by atoms with Gasteiger partial charge in [0.2, 0.25) is 6.10 Å². The molecular formula is C22H19F2NO8. The summed E-state index contributed by atoms with van der Waals surface area (Å²) < 4.78 is 49.7. The van der Waals surface area contributed by atoms with E-state index in [1.54, 1.807) is 24.3 Å². The van der Waals surface area contributed by atoms with E-state index in [2.05, 4.69) is 10.1 Å². The maximum atomic E-state index is 12.4. The van der Waals surface area contributed by atoms with Gasteiger partial charge in [0.25, 0.3) is 11.8 Å². The third-order valence-corrected chi connectivity index (χ3v) is 4.22. The van der Waals surface area contributed by atoms with E-state index in [9.17, 15) is 23.2 Å². The molecule has 1 heterocycles. The van der Waals surface area contributed by atoms with E-state index < -0.39 is 37.1 Å². The Hall–Kier alpha value is -4.15. The topological polar surface area (TPSA) is 109 Å². The van der Waals surface area contributed by atoms with Crippen molar-refractivity contribution in [3.8, 4) is 23.0 Å². The van der Waals surface area contributed by atoms with Crippen LogP contribution in [0.25, 0.3) is 6.08 Å². The number of halogens is 2. The molecule has 0 unspecified atom stereocenters. The average Bonchev–Trinajstić information content (AvgIpc) is 2.81. The smallest absolute Gasteiger partial charge is 0.387 e. The molecule has 0 aliphatic carbocycles. The molecule has 0 fully saturated rings. The predicted molar refractivity (Wildman–Crippen MR) is 109 cm³/mol. The van der Waals surface area contributed by atoms with Crippen molar-refractivity contribution in [2.45, 2.75) is 12.7 Å². The zero-order valence-corrected chi connectivity index (χ0v) is 17.3. The van der Waals surface area contributed by atoms with Gasteiger partial charge in [-0.2, -0.15) is 8.78 Å². The summed E-state index contributed by atoms with van der Waals surface area (Å²) in [6.07, 6.45) is 1.31. The molecule has 0 saturated carbocycles. The third kappa shape index (κ3) is 6.66. The molecule has 2 aromatic carbocycles. The lowest BCUT2D eigenvalue weighted by Crippen LogP contribution is -2.47. The van der Waals surface area contributed by atoms with Crippen LogP contribution in [0.4, 0.5) is 8.78 Å². The van der Waals surface area contributed by atoms with Gasteiger partial charge in [0.1, 0.15) is 6.61 Å². The van der Waals surface area contributed by atoms with E-state index in [1.807, 2.05) is 0 Å². The second kappa shape index (κ2) is 10.9. The van der Waals surface area contributed by atoms with Crippen molar-refractivity contribution in [1.82, 2.24) is 5.32 Å². The first kappa shape index (κ1) is 23.5. The van der Waals surface area contributed by atoms with Crippen LogP contribution in [0.5, 0.6) is 23.0 Å². The predicted octanol–water partition coefficient (Wildman–Crippen LogP) is 2.34. The van der Waals surface area contributed by atoms with Crippen LogP contribution in [0.15, 0.2) is 48.5 Å². The highest BCUT2D eigenvalue weighted by atomic mass is 19.3. The van der Waals surface area contributed by atoms with Gasteiger partial charge >= 0.3 is 12.6 Å². The molecule has 0 bridgehead atoms. The van der Waals surface area contributed by atoms with Crippen molar-refractivity contribution in [3.05, 3.63) is 54.1 Å². The number of alkyl halides is 2. The molecule has 0 saturated heterocycles. The minimum absolute atomic E-state index is 0.0419. The Kier molecular flexibility index (Phi) is 7.79. The molecule has 0 radical (unpaired) electrons. The van der Waals surface area contributed by atoms with E-state index in [0.717, 1.165) is 6.08 Å². The number of methoxy groups -OCH3 is 1. The van der Waals surface area contributed by atoms with Crippen molar-refractivity contribution in [3.63, 3.8) is 0 Å². The van der Waals surface area contributed by atoms with E-state index in [1.165, 1.54) is 31.4 Å². The molecule has 9 nitrogen and oxygen atoms in total. The monoisotopic (exact) mass is 463 g/mol. The van der Waals surface area contributed by atoms with Crippen LogP contribution in [0.1, 0.15) is 5.56 Å². The molecule has 1 aliphatic rings. The first-order chi connectivity index (χ1) is 15.9. The molecule has 2 aromatic rings. The van der Waals surface area contributed by atoms with Crippen molar-refractivity contribution >= 4 is 23.9 Å². The number of hydrogen-bond donors (Lipinski definition) is 1. The Balaban J connectivity index is 1.46. The molecule has 1 N–H and O–H groups in total. The third-order valence-electron chi connectivity index (χ3n) is 4.22. The minimum Gasteiger partial charge on any atom is -0.493 e. The van der Waals surface area contributed by atoms with E-state index >= 15 is 0 Å². The summed E-state index contributed by atoms with van der Waals surface area (Å²) in [7, 11) is 1.28. The molecule has 2 amide bonds. The van der Waals surface area contributed by atoms with Crippen LogP contribution in [0, 0.1) is 0 Å². The lowest BCUT2D eigenvalue weighted by atomic mass is 10.2. The first-order valence-electron chi connectivity index (χ1n) is 9.55. The molecule has 1 aliphatic heterocycles. The van der Waals surface area contributed by atoms with Gasteiger partial charge in [-0.1, -0.05) is 18.2 Å².